The zero-order valence-corrected chi connectivity index (χ0v) is 13.4. The molecule has 120 valence electrons. The van der Waals surface area contributed by atoms with E-state index < -0.39 is 0 Å². The quantitative estimate of drug-likeness (QED) is 0.883. The highest BCUT2D eigenvalue weighted by Crippen LogP contribution is 2.51. The number of rotatable bonds is 3. The van der Waals surface area contributed by atoms with E-state index in [1.54, 1.807) is 18.2 Å². The van der Waals surface area contributed by atoms with E-state index >= 15 is 0 Å². The monoisotopic (exact) mass is 312 g/mol. The van der Waals surface area contributed by atoms with E-state index in [1.807, 2.05) is 31.2 Å². The molecule has 23 heavy (non-hydrogen) atoms. The van der Waals surface area contributed by atoms with Gasteiger partial charge in [-0.2, -0.15) is 0 Å². The Labute approximate surface area is 135 Å². The van der Waals surface area contributed by atoms with Gasteiger partial charge < -0.3 is 19.7 Å². The van der Waals surface area contributed by atoms with Crippen LogP contribution in [0.15, 0.2) is 36.4 Å². The first-order chi connectivity index (χ1) is 11.0. The van der Waals surface area contributed by atoms with E-state index in [9.17, 15) is 10.2 Å². The van der Waals surface area contributed by atoms with Gasteiger partial charge >= 0.3 is 0 Å². The van der Waals surface area contributed by atoms with Crippen molar-refractivity contribution in [3.05, 3.63) is 53.1 Å². The van der Waals surface area contributed by atoms with E-state index in [2.05, 4.69) is 6.92 Å². The smallest absolute Gasteiger partial charge is 0.165 e. The Balaban J connectivity index is 2.00. The lowest BCUT2D eigenvalue weighted by Gasteiger charge is -2.17. The largest absolute Gasteiger partial charge is 0.504 e. The molecule has 2 N–H and O–H groups in total. The summed E-state index contributed by atoms with van der Waals surface area (Å²) in [5.41, 5.74) is 2.83. The molecule has 2 aromatic rings. The van der Waals surface area contributed by atoms with Crippen molar-refractivity contribution >= 4 is 6.08 Å². The summed E-state index contributed by atoms with van der Waals surface area (Å²) in [6.07, 6.45) is 3.65. The summed E-state index contributed by atoms with van der Waals surface area (Å²) in [5.74, 6) is 1.26. The molecule has 1 heterocycles. The molecule has 0 bridgehead atoms. The summed E-state index contributed by atoms with van der Waals surface area (Å²) in [5, 5.41) is 20.0. The van der Waals surface area contributed by atoms with Crippen molar-refractivity contribution in [1.29, 1.82) is 0 Å². The highest BCUT2D eigenvalue weighted by Gasteiger charge is 2.34. The first kappa shape index (κ1) is 15.3. The predicted octanol–water partition coefficient (Wildman–Crippen LogP) is 4.38. The van der Waals surface area contributed by atoms with Crippen LogP contribution in [0.4, 0.5) is 0 Å². The molecule has 2 aromatic carbocycles. The molecule has 0 saturated heterocycles. The lowest BCUT2D eigenvalue weighted by atomic mass is 9.91. The molecule has 1 aliphatic heterocycles. The number of ether oxygens (including phenoxy) is 2. The maximum absolute atomic E-state index is 10.2. The van der Waals surface area contributed by atoms with E-state index in [0.29, 0.717) is 11.5 Å². The number of phenols is 2. The Morgan fingerprint density at radius 3 is 2.61 bits per heavy atom. The van der Waals surface area contributed by atoms with Crippen molar-refractivity contribution < 1.29 is 19.7 Å². The number of methoxy groups -OCH3 is 1. The van der Waals surface area contributed by atoms with Crippen LogP contribution in [0.3, 0.4) is 0 Å². The van der Waals surface area contributed by atoms with Crippen LogP contribution in [0.25, 0.3) is 6.08 Å². The molecule has 0 spiro atoms. The van der Waals surface area contributed by atoms with E-state index in [4.69, 9.17) is 9.47 Å². The highest BCUT2D eigenvalue weighted by atomic mass is 16.5. The molecule has 4 heteroatoms. The number of allylic oxidation sites excluding steroid dienone is 1. The lowest BCUT2D eigenvalue weighted by Crippen LogP contribution is -2.07. The zero-order chi connectivity index (χ0) is 16.6. The van der Waals surface area contributed by atoms with Crippen LogP contribution in [0.2, 0.25) is 0 Å². The summed E-state index contributed by atoms with van der Waals surface area (Å²) in [6, 6.07) is 8.92. The second-order valence-corrected chi connectivity index (χ2v) is 5.72. The number of hydrogen-bond donors (Lipinski definition) is 2. The van der Waals surface area contributed by atoms with Gasteiger partial charge in [-0.05, 0) is 42.3 Å². The second kappa shape index (κ2) is 5.88. The number of aromatic hydroxyl groups is 2. The van der Waals surface area contributed by atoms with Gasteiger partial charge in [-0.25, -0.2) is 0 Å². The Morgan fingerprint density at radius 2 is 1.91 bits per heavy atom. The van der Waals surface area contributed by atoms with Gasteiger partial charge in [-0.15, -0.1) is 0 Å². The van der Waals surface area contributed by atoms with E-state index in [1.165, 1.54) is 7.11 Å². The standard InChI is InChI=1S/C19H20O4/c1-4-5-12-8-14-11(2)18(23-19(14)16(21)9-12)13-6-7-15(20)17(10-13)22-3/h4-11,18,20-21H,1-3H3/b5-4+/t11-,18-/m1/s1. The molecule has 0 fully saturated rings. The molecule has 0 aliphatic carbocycles. The van der Waals surface area contributed by atoms with Crippen LogP contribution in [-0.4, -0.2) is 17.3 Å². The zero-order valence-electron chi connectivity index (χ0n) is 13.4. The van der Waals surface area contributed by atoms with Crippen molar-refractivity contribution in [3.63, 3.8) is 0 Å². The fraction of sp³-hybridized carbons (Fsp3) is 0.263. The fourth-order valence-corrected chi connectivity index (χ4v) is 3.03. The SMILES string of the molecule is C/C=C/c1cc(O)c2c(c1)[C@@H](C)[C@H](c1ccc(O)c(OC)c1)O2. The maximum atomic E-state index is 10.2. The normalized spacial score (nSPS) is 19.6. The first-order valence-corrected chi connectivity index (χ1v) is 7.58. The predicted molar refractivity (Wildman–Crippen MR) is 89.3 cm³/mol. The summed E-state index contributed by atoms with van der Waals surface area (Å²) in [6.45, 7) is 4.00. The number of hydrogen-bond acceptors (Lipinski definition) is 4. The Morgan fingerprint density at radius 1 is 1.13 bits per heavy atom. The molecule has 1 aliphatic rings. The topological polar surface area (TPSA) is 58.9 Å². The lowest BCUT2D eigenvalue weighted by molar-refractivity contribution is 0.208. The highest BCUT2D eigenvalue weighted by molar-refractivity contribution is 5.61. The molecule has 0 saturated carbocycles. The number of benzene rings is 2. The molecule has 3 rings (SSSR count). The molecule has 0 unspecified atom stereocenters. The van der Waals surface area contributed by atoms with E-state index in [0.717, 1.165) is 16.7 Å². The van der Waals surface area contributed by atoms with Crippen LogP contribution in [0, 0.1) is 0 Å². The van der Waals surface area contributed by atoms with E-state index in [-0.39, 0.29) is 23.5 Å². The van der Waals surface area contributed by atoms with Crippen molar-refractivity contribution in [1.82, 2.24) is 0 Å². The van der Waals surface area contributed by atoms with Gasteiger partial charge in [0.05, 0.1) is 7.11 Å². The third-order valence-electron chi connectivity index (χ3n) is 4.20. The molecule has 0 amide bonds. The molecular formula is C19H20O4. The van der Waals surface area contributed by atoms with Gasteiger partial charge in [0.1, 0.15) is 6.10 Å². The van der Waals surface area contributed by atoms with Gasteiger partial charge in [0, 0.05) is 11.5 Å². The van der Waals surface area contributed by atoms with Gasteiger partial charge in [-0.3, -0.25) is 0 Å². The average molecular weight is 312 g/mol. The van der Waals surface area contributed by atoms with Crippen LogP contribution < -0.4 is 9.47 Å². The van der Waals surface area contributed by atoms with Crippen LogP contribution in [0.1, 0.15) is 42.6 Å². The van der Waals surface area contributed by atoms with Crippen molar-refractivity contribution in [2.24, 2.45) is 0 Å². The molecule has 0 aromatic heterocycles. The summed E-state index contributed by atoms with van der Waals surface area (Å²) >= 11 is 0. The number of fused-ring (bicyclic) bond motifs is 1. The van der Waals surface area contributed by atoms with Gasteiger partial charge in [0.15, 0.2) is 23.0 Å². The van der Waals surface area contributed by atoms with Gasteiger partial charge in [0.25, 0.3) is 0 Å². The molecular weight excluding hydrogens is 292 g/mol. The number of phenolic OH excluding ortho intramolecular Hbond substituents is 2. The Hall–Kier alpha value is -2.62. The minimum absolute atomic E-state index is 0.0790. The molecule has 4 nitrogen and oxygen atoms in total. The summed E-state index contributed by atoms with van der Waals surface area (Å²) in [7, 11) is 1.52. The maximum Gasteiger partial charge on any atom is 0.165 e. The van der Waals surface area contributed by atoms with Gasteiger partial charge in [-0.1, -0.05) is 25.1 Å². The minimum atomic E-state index is -0.230. The van der Waals surface area contributed by atoms with Crippen LogP contribution >= 0.6 is 0 Å². The van der Waals surface area contributed by atoms with Crippen molar-refractivity contribution in [2.45, 2.75) is 25.9 Å². The van der Waals surface area contributed by atoms with Crippen molar-refractivity contribution in [3.8, 4) is 23.0 Å². The average Bonchev–Trinajstić information content (AvgIpc) is 2.86. The first-order valence-electron chi connectivity index (χ1n) is 7.58. The van der Waals surface area contributed by atoms with Crippen LogP contribution in [0.5, 0.6) is 23.0 Å². The summed E-state index contributed by atoms with van der Waals surface area (Å²) < 4.78 is 11.2. The van der Waals surface area contributed by atoms with Crippen LogP contribution in [-0.2, 0) is 0 Å². The second-order valence-electron chi connectivity index (χ2n) is 5.72. The third kappa shape index (κ3) is 2.61. The fourth-order valence-electron chi connectivity index (χ4n) is 3.03. The minimum Gasteiger partial charge on any atom is -0.504 e. The molecule has 2 atom stereocenters. The Bertz CT molecular complexity index is 764. The summed E-state index contributed by atoms with van der Waals surface area (Å²) in [4.78, 5) is 0. The molecule has 0 radical (unpaired) electrons. The Kier molecular flexibility index (Phi) is 3.90. The van der Waals surface area contributed by atoms with Crippen molar-refractivity contribution in [2.75, 3.05) is 7.11 Å². The van der Waals surface area contributed by atoms with Gasteiger partial charge in [0.2, 0.25) is 0 Å². The third-order valence-corrected chi connectivity index (χ3v) is 4.20.